The predicted octanol–water partition coefficient (Wildman–Crippen LogP) is -0.584. The van der Waals surface area contributed by atoms with Gasteiger partial charge in [0.2, 0.25) is 0 Å². The monoisotopic (exact) mass is 201 g/mol. The van der Waals surface area contributed by atoms with E-state index in [0.29, 0.717) is 11.4 Å². The first kappa shape index (κ1) is 9.64. The smallest absolute Gasteiger partial charge is 0.253 e. The summed E-state index contributed by atoms with van der Waals surface area (Å²) in [6.45, 7) is 1.98. The Balaban J connectivity index is 2.91. The Morgan fingerprint density at radius 1 is 1.47 bits per heavy atom. The molecule has 0 radical (unpaired) electrons. The number of fused-ring (bicyclic) bond motifs is 1. The minimum atomic E-state index is -0.498. The predicted molar refractivity (Wildman–Crippen MR) is 64.1 cm³/mol. The zero-order chi connectivity index (χ0) is 11.2. The summed E-state index contributed by atoms with van der Waals surface area (Å²) in [6, 6.07) is 3.82. The maximum Gasteiger partial charge on any atom is 0.253 e. The Bertz CT molecular complexity index is 559. The fraction of sp³-hybridized carbons (Fsp3) is 0.100. The third kappa shape index (κ3) is 1.27. The molecule has 2 rings (SSSR count). The van der Waals surface area contributed by atoms with Crippen LogP contribution in [0.2, 0.25) is 0 Å². The average Bonchev–Trinajstić information content (AvgIpc) is 2.49. The lowest BCUT2D eigenvalue weighted by Gasteiger charge is -2.01. The van der Waals surface area contributed by atoms with Crippen LogP contribution >= 0.6 is 0 Å². The summed E-state index contributed by atoms with van der Waals surface area (Å²) in [5, 5.41) is 0.795. The van der Waals surface area contributed by atoms with Crippen LogP contribution in [0, 0.1) is 6.92 Å². The molecule has 76 valence electrons. The molecule has 1 amide bonds. The number of carbonyl (C=O) groups excluding carboxylic acids is 1. The molecule has 1 heterocycles. The second kappa shape index (κ2) is 3.05. The van der Waals surface area contributed by atoms with Crippen molar-refractivity contribution in [3.05, 3.63) is 23.3 Å². The lowest BCUT2D eigenvalue weighted by Crippen LogP contribution is -2.12. The number of carbonyl (C=O) groups is 1. The number of nitrogen functional groups attached to an aromatic ring is 1. The number of aromatic amines is 1. The van der Waals surface area contributed by atoms with Gasteiger partial charge in [-0.3, -0.25) is 4.79 Å². The number of aromatic nitrogens is 1. The molecule has 1 aromatic heterocycles. The molecule has 0 fully saturated rings. The van der Waals surface area contributed by atoms with Gasteiger partial charge in [-0.2, -0.15) is 0 Å². The van der Waals surface area contributed by atoms with Crippen LogP contribution in [0.25, 0.3) is 10.9 Å². The molecule has 15 heavy (non-hydrogen) atoms. The molecule has 0 spiro atoms. The number of hydrogen-bond donors (Lipinski definition) is 3. The molecule has 0 unspecified atom stereocenters. The lowest BCUT2D eigenvalue weighted by atomic mass is 9.89. The van der Waals surface area contributed by atoms with Crippen molar-refractivity contribution in [1.82, 2.24) is 4.98 Å². The summed E-state index contributed by atoms with van der Waals surface area (Å²) < 4.78 is 0. The van der Waals surface area contributed by atoms with Gasteiger partial charge >= 0.3 is 0 Å². The fourth-order valence-corrected chi connectivity index (χ4v) is 1.79. The van der Waals surface area contributed by atoms with Gasteiger partial charge in [-0.25, -0.2) is 0 Å². The van der Waals surface area contributed by atoms with E-state index in [1.54, 1.807) is 0 Å². The highest BCUT2D eigenvalue weighted by Crippen LogP contribution is 2.24. The van der Waals surface area contributed by atoms with E-state index in [1.165, 1.54) is 0 Å². The van der Waals surface area contributed by atoms with Crippen molar-refractivity contribution >= 4 is 35.9 Å². The summed E-state index contributed by atoms with van der Waals surface area (Å²) in [4.78, 5) is 14.2. The number of nitrogens with two attached hydrogens (primary N) is 2. The summed E-state index contributed by atoms with van der Waals surface area (Å²) in [5.41, 5.74) is 14.5. The van der Waals surface area contributed by atoms with Gasteiger partial charge in [-0.1, -0.05) is 17.6 Å². The van der Waals surface area contributed by atoms with Gasteiger partial charge in [0.25, 0.3) is 5.91 Å². The standard InChI is InChI=1S/C10H12BN3O/c1-4-6(11)3-2-5-7(10(13)15)9(12)14-8(4)5/h2-3,14H,11-12H2,1H3,(H2,13,15). The van der Waals surface area contributed by atoms with Gasteiger partial charge in [0.15, 0.2) is 0 Å². The molecular weight excluding hydrogens is 189 g/mol. The Morgan fingerprint density at radius 2 is 2.13 bits per heavy atom. The van der Waals surface area contributed by atoms with Gasteiger partial charge in [-0.15, -0.1) is 0 Å². The number of rotatable bonds is 1. The van der Waals surface area contributed by atoms with Gasteiger partial charge < -0.3 is 16.5 Å². The van der Waals surface area contributed by atoms with Crippen molar-refractivity contribution in [3.8, 4) is 0 Å². The number of hydrogen-bond acceptors (Lipinski definition) is 2. The molecule has 0 aliphatic carbocycles. The molecule has 0 aliphatic rings. The molecule has 0 saturated carbocycles. The molecule has 5 N–H and O–H groups in total. The van der Waals surface area contributed by atoms with E-state index in [9.17, 15) is 4.79 Å². The Kier molecular flexibility index (Phi) is 1.96. The van der Waals surface area contributed by atoms with Crippen molar-refractivity contribution < 1.29 is 4.79 Å². The van der Waals surface area contributed by atoms with E-state index in [4.69, 9.17) is 11.5 Å². The van der Waals surface area contributed by atoms with Crippen LogP contribution in [0.1, 0.15) is 15.9 Å². The van der Waals surface area contributed by atoms with Crippen LogP contribution in [0.4, 0.5) is 5.82 Å². The number of primary amides is 1. The highest BCUT2D eigenvalue weighted by Gasteiger charge is 2.15. The van der Waals surface area contributed by atoms with Crippen molar-refractivity contribution in [3.63, 3.8) is 0 Å². The number of benzene rings is 1. The molecular formula is C10H12BN3O. The molecule has 1 aromatic carbocycles. The molecule has 4 nitrogen and oxygen atoms in total. The van der Waals surface area contributed by atoms with E-state index in [-0.39, 0.29) is 0 Å². The van der Waals surface area contributed by atoms with E-state index in [2.05, 4.69) is 4.98 Å². The fourth-order valence-electron chi connectivity index (χ4n) is 1.79. The first-order chi connectivity index (χ1) is 7.02. The summed E-state index contributed by atoms with van der Waals surface area (Å²) in [7, 11) is 2.01. The van der Waals surface area contributed by atoms with Gasteiger partial charge in [-0.05, 0) is 12.5 Å². The van der Waals surface area contributed by atoms with Crippen molar-refractivity contribution in [2.45, 2.75) is 6.92 Å². The zero-order valence-electron chi connectivity index (χ0n) is 8.72. The third-order valence-corrected chi connectivity index (χ3v) is 2.78. The second-order valence-electron chi connectivity index (χ2n) is 3.71. The molecule has 0 bridgehead atoms. The van der Waals surface area contributed by atoms with Crippen molar-refractivity contribution in [2.24, 2.45) is 5.73 Å². The van der Waals surface area contributed by atoms with Gasteiger partial charge in [0.1, 0.15) is 13.7 Å². The van der Waals surface area contributed by atoms with Crippen LogP contribution in [0.3, 0.4) is 0 Å². The Morgan fingerprint density at radius 3 is 2.73 bits per heavy atom. The summed E-state index contributed by atoms with van der Waals surface area (Å²) in [5.74, 6) is -0.159. The average molecular weight is 201 g/mol. The molecule has 5 heteroatoms. The van der Waals surface area contributed by atoms with E-state index in [0.717, 1.165) is 21.9 Å². The quantitative estimate of drug-likeness (QED) is 0.539. The Hall–Kier alpha value is -1.91. The van der Waals surface area contributed by atoms with E-state index in [1.807, 2.05) is 26.9 Å². The Labute approximate surface area is 88.0 Å². The van der Waals surface area contributed by atoms with Crippen LogP contribution in [-0.4, -0.2) is 18.7 Å². The van der Waals surface area contributed by atoms with Crippen LogP contribution in [-0.2, 0) is 0 Å². The number of amides is 1. The van der Waals surface area contributed by atoms with Crippen LogP contribution in [0.5, 0.6) is 0 Å². The first-order valence-corrected chi connectivity index (χ1v) is 4.69. The van der Waals surface area contributed by atoms with Crippen LogP contribution in [0.15, 0.2) is 12.1 Å². The topological polar surface area (TPSA) is 84.9 Å². The highest BCUT2D eigenvalue weighted by atomic mass is 16.1. The number of H-pyrrole nitrogens is 1. The maximum atomic E-state index is 11.2. The summed E-state index contributed by atoms with van der Waals surface area (Å²) >= 11 is 0. The normalized spacial score (nSPS) is 10.7. The van der Waals surface area contributed by atoms with Crippen molar-refractivity contribution in [2.75, 3.05) is 5.73 Å². The van der Waals surface area contributed by atoms with Gasteiger partial charge in [0, 0.05) is 5.39 Å². The molecule has 0 atom stereocenters. The summed E-state index contributed by atoms with van der Waals surface area (Å²) in [6.07, 6.45) is 0. The minimum Gasteiger partial charge on any atom is -0.385 e. The largest absolute Gasteiger partial charge is 0.385 e. The number of nitrogens with one attached hydrogen (secondary N) is 1. The first-order valence-electron chi connectivity index (χ1n) is 4.69. The SMILES string of the molecule is Bc1ccc2c(C(N)=O)c(N)[nH]c2c1C. The number of anilines is 1. The van der Waals surface area contributed by atoms with Crippen molar-refractivity contribution in [1.29, 1.82) is 0 Å². The molecule has 2 aromatic rings. The highest BCUT2D eigenvalue weighted by molar-refractivity contribution is 6.34. The van der Waals surface area contributed by atoms with Crippen LogP contribution < -0.4 is 16.9 Å². The minimum absolute atomic E-state index is 0.339. The number of aryl methyl sites for hydroxylation is 1. The lowest BCUT2D eigenvalue weighted by molar-refractivity contribution is 0.100. The second-order valence-corrected chi connectivity index (χ2v) is 3.71. The van der Waals surface area contributed by atoms with E-state index >= 15 is 0 Å². The third-order valence-electron chi connectivity index (χ3n) is 2.78. The van der Waals surface area contributed by atoms with Gasteiger partial charge in [0.05, 0.1) is 11.1 Å². The maximum absolute atomic E-state index is 11.2. The zero-order valence-corrected chi connectivity index (χ0v) is 8.72. The molecule has 0 aliphatic heterocycles. The molecule has 0 saturated heterocycles. The van der Waals surface area contributed by atoms with E-state index < -0.39 is 5.91 Å².